The summed E-state index contributed by atoms with van der Waals surface area (Å²) in [6.45, 7) is 15.5. The average molecular weight is 409 g/mol. The molecule has 29 heavy (non-hydrogen) atoms. The highest BCUT2D eigenvalue weighted by Gasteiger charge is 2.16. The summed E-state index contributed by atoms with van der Waals surface area (Å²) in [4.78, 5) is 0. The van der Waals surface area contributed by atoms with Crippen LogP contribution in [0.25, 0.3) is 6.08 Å². The summed E-state index contributed by atoms with van der Waals surface area (Å²) in [6.07, 6.45) is 5.78. The van der Waals surface area contributed by atoms with Crippen molar-refractivity contribution in [1.29, 1.82) is 0 Å². The normalized spacial score (nSPS) is 14.0. The van der Waals surface area contributed by atoms with Crippen LogP contribution in [0.15, 0.2) is 54.6 Å². The first-order valence-electron chi connectivity index (χ1n) is 9.82. The van der Waals surface area contributed by atoms with E-state index in [0.29, 0.717) is 18.6 Å². The molecule has 0 aliphatic heterocycles. The van der Waals surface area contributed by atoms with Crippen LogP contribution in [-0.4, -0.2) is 13.2 Å². The van der Waals surface area contributed by atoms with Crippen molar-refractivity contribution in [3.8, 4) is 5.75 Å². The topological polar surface area (TPSA) is 18.5 Å². The maximum Gasteiger partial charge on any atom is 0.201 e. The highest BCUT2D eigenvalue weighted by atomic mass is 19.2. The van der Waals surface area contributed by atoms with E-state index in [4.69, 9.17) is 9.47 Å². The van der Waals surface area contributed by atoms with Crippen molar-refractivity contribution in [3.05, 3.63) is 71.8 Å². The van der Waals surface area contributed by atoms with E-state index in [-0.39, 0.29) is 35.5 Å². The van der Waals surface area contributed by atoms with Crippen LogP contribution in [-0.2, 0) is 4.74 Å². The number of rotatable bonds is 12. The first kappa shape index (κ1) is 24.6. The van der Waals surface area contributed by atoms with E-state index in [2.05, 4.69) is 13.2 Å². The Balaban J connectivity index is 2.55. The fraction of sp³-hybridized carbons (Fsp3) is 0.417. The van der Waals surface area contributed by atoms with Gasteiger partial charge >= 0.3 is 0 Å². The molecule has 0 spiro atoms. The first-order valence-corrected chi connectivity index (χ1v) is 9.82. The molecule has 2 unspecified atom stereocenters. The Kier molecular flexibility index (Phi) is 10.4. The Morgan fingerprint density at radius 1 is 1.14 bits per heavy atom. The minimum Gasteiger partial charge on any atom is -0.494 e. The largest absolute Gasteiger partial charge is 0.494 e. The quantitative estimate of drug-likeness (QED) is 0.265. The zero-order chi connectivity index (χ0) is 22.0. The lowest BCUT2D eigenvalue weighted by molar-refractivity contribution is 0.233. The molecule has 1 aromatic rings. The molecule has 0 N–H and O–H groups in total. The van der Waals surface area contributed by atoms with Crippen LogP contribution in [0.1, 0.15) is 46.1 Å². The molecule has 5 heteroatoms. The number of hydrogen-bond acceptors (Lipinski definition) is 2. The Morgan fingerprint density at radius 2 is 1.83 bits per heavy atom. The van der Waals surface area contributed by atoms with Crippen molar-refractivity contribution in [3.63, 3.8) is 0 Å². The molecule has 1 aromatic carbocycles. The second-order valence-electron chi connectivity index (χ2n) is 7.09. The summed E-state index contributed by atoms with van der Waals surface area (Å²) in [5, 5.41) is 0. The van der Waals surface area contributed by atoms with Crippen molar-refractivity contribution in [2.75, 3.05) is 13.2 Å². The molecule has 0 aliphatic carbocycles. The predicted molar refractivity (Wildman–Crippen MR) is 113 cm³/mol. The third-order valence-corrected chi connectivity index (χ3v) is 4.56. The molecular formula is C24H31F3O2. The van der Waals surface area contributed by atoms with Gasteiger partial charge in [0.2, 0.25) is 5.82 Å². The molecule has 0 aromatic heterocycles. The fourth-order valence-corrected chi connectivity index (χ4v) is 2.69. The van der Waals surface area contributed by atoms with Crippen molar-refractivity contribution in [2.24, 2.45) is 11.8 Å². The minimum absolute atomic E-state index is 0.0772. The second-order valence-corrected chi connectivity index (χ2v) is 7.09. The van der Waals surface area contributed by atoms with E-state index in [1.54, 1.807) is 19.9 Å². The monoisotopic (exact) mass is 408 g/mol. The molecular weight excluding hydrogens is 377 g/mol. The molecule has 0 radical (unpaired) electrons. The van der Waals surface area contributed by atoms with Gasteiger partial charge in [-0.15, -0.1) is 0 Å². The van der Waals surface area contributed by atoms with Gasteiger partial charge in [-0.05, 0) is 56.2 Å². The molecule has 0 bridgehead atoms. The van der Waals surface area contributed by atoms with E-state index >= 15 is 0 Å². The smallest absolute Gasteiger partial charge is 0.201 e. The Bertz CT molecular complexity index is 766. The summed E-state index contributed by atoms with van der Waals surface area (Å²) in [5.41, 5.74) is 0.562. The first-order chi connectivity index (χ1) is 13.7. The van der Waals surface area contributed by atoms with Gasteiger partial charge in [-0.3, -0.25) is 0 Å². The van der Waals surface area contributed by atoms with Gasteiger partial charge in [0.05, 0.1) is 13.2 Å². The molecule has 1 rings (SSSR count). The van der Waals surface area contributed by atoms with E-state index in [1.807, 2.05) is 13.8 Å². The SMILES string of the molecule is C=C(/C=C(/F)C(=C)C(C)CCC(C)COc1ccc(/C=C/C)c(F)c1F)OCC. The standard InChI is InChI=1S/C24H31F3O2/c1-7-9-20-12-13-22(24(27)23(20)26)29-15-16(3)10-11-17(4)19(6)21(25)14-18(5)28-8-2/h7,9,12-14,16-17H,5-6,8,10-11,15H2,1-4H3/b9-7+,21-14+. The second kappa shape index (κ2) is 12.2. The van der Waals surface area contributed by atoms with Gasteiger partial charge in [0, 0.05) is 11.6 Å². The van der Waals surface area contributed by atoms with Crippen LogP contribution in [0.3, 0.4) is 0 Å². The summed E-state index contributed by atoms with van der Waals surface area (Å²) < 4.78 is 52.8. The summed E-state index contributed by atoms with van der Waals surface area (Å²) in [5.74, 6) is -2.21. The van der Waals surface area contributed by atoms with Gasteiger partial charge in [-0.25, -0.2) is 8.78 Å². The lowest BCUT2D eigenvalue weighted by Gasteiger charge is -2.18. The van der Waals surface area contributed by atoms with Crippen molar-refractivity contribution in [1.82, 2.24) is 0 Å². The van der Waals surface area contributed by atoms with E-state index in [0.717, 1.165) is 6.42 Å². The fourth-order valence-electron chi connectivity index (χ4n) is 2.69. The van der Waals surface area contributed by atoms with Crippen LogP contribution in [0.2, 0.25) is 0 Å². The third-order valence-electron chi connectivity index (χ3n) is 4.56. The molecule has 2 nitrogen and oxygen atoms in total. The molecule has 2 atom stereocenters. The lowest BCUT2D eigenvalue weighted by Crippen LogP contribution is -2.12. The molecule has 0 amide bonds. The number of hydrogen-bond donors (Lipinski definition) is 0. The van der Waals surface area contributed by atoms with Gasteiger partial charge in [-0.1, -0.05) is 39.2 Å². The number of benzene rings is 1. The van der Waals surface area contributed by atoms with Crippen LogP contribution in [0.5, 0.6) is 5.75 Å². The molecule has 0 aliphatic rings. The predicted octanol–water partition coefficient (Wildman–Crippen LogP) is 7.39. The Labute approximate surface area is 172 Å². The van der Waals surface area contributed by atoms with Crippen LogP contribution < -0.4 is 4.74 Å². The maximum atomic E-state index is 14.2. The Hall–Kier alpha value is -2.43. The highest BCUT2D eigenvalue weighted by molar-refractivity contribution is 5.51. The van der Waals surface area contributed by atoms with E-state index < -0.39 is 17.5 Å². The zero-order valence-electron chi connectivity index (χ0n) is 17.7. The molecule has 0 heterocycles. The minimum atomic E-state index is -0.990. The maximum absolute atomic E-state index is 14.2. The molecule has 160 valence electrons. The zero-order valence-corrected chi connectivity index (χ0v) is 17.7. The van der Waals surface area contributed by atoms with Gasteiger partial charge in [0.15, 0.2) is 11.6 Å². The van der Waals surface area contributed by atoms with E-state index in [9.17, 15) is 13.2 Å². The summed E-state index contributed by atoms with van der Waals surface area (Å²) in [7, 11) is 0. The van der Waals surface area contributed by atoms with Gasteiger partial charge in [0.1, 0.15) is 11.6 Å². The average Bonchev–Trinajstić information content (AvgIpc) is 2.68. The van der Waals surface area contributed by atoms with E-state index in [1.165, 1.54) is 24.3 Å². The highest BCUT2D eigenvalue weighted by Crippen LogP contribution is 2.27. The van der Waals surface area contributed by atoms with Gasteiger partial charge in [-0.2, -0.15) is 4.39 Å². The summed E-state index contributed by atoms with van der Waals surface area (Å²) >= 11 is 0. The van der Waals surface area contributed by atoms with Crippen LogP contribution >= 0.6 is 0 Å². The Morgan fingerprint density at radius 3 is 2.45 bits per heavy atom. The number of allylic oxidation sites excluding steroid dienone is 4. The molecule has 0 saturated heterocycles. The van der Waals surface area contributed by atoms with Crippen LogP contribution in [0, 0.1) is 23.5 Å². The third kappa shape index (κ3) is 7.84. The molecule has 0 saturated carbocycles. The van der Waals surface area contributed by atoms with Crippen molar-refractivity contribution >= 4 is 6.08 Å². The van der Waals surface area contributed by atoms with Gasteiger partial charge < -0.3 is 9.47 Å². The number of ether oxygens (including phenoxy) is 2. The van der Waals surface area contributed by atoms with Crippen LogP contribution in [0.4, 0.5) is 13.2 Å². The van der Waals surface area contributed by atoms with Gasteiger partial charge in [0.25, 0.3) is 0 Å². The summed E-state index contributed by atoms with van der Waals surface area (Å²) in [6, 6.07) is 2.91. The van der Waals surface area contributed by atoms with Crippen molar-refractivity contribution in [2.45, 2.75) is 40.5 Å². The molecule has 0 fully saturated rings. The van der Waals surface area contributed by atoms with Crippen molar-refractivity contribution < 1.29 is 22.6 Å². The number of halogens is 3. The lowest BCUT2D eigenvalue weighted by atomic mass is 9.92.